The molecule has 0 aliphatic carbocycles. The smallest absolute Gasteiger partial charge is 0.237 e. The fourth-order valence-corrected chi connectivity index (χ4v) is 5.24. The van der Waals surface area contributed by atoms with Gasteiger partial charge in [-0.1, -0.05) is 59.9 Å². The molecule has 152 valence electrons. The molecule has 1 unspecified atom stereocenters. The molecule has 5 nitrogen and oxygen atoms in total. The van der Waals surface area contributed by atoms with Gasteiger partial charge in [0.15, 0.2) is 11.0 Å². The zero-order chi connectivity index (χ0) is 20.9. The maximum absolute atomic E-state index is 12.9. The van der Waals surface area contributed by atoms with E-state index in [1.54, 1.807) is 23.1 Å². The first kappa shape index (κ1) is 20.7. The third kappa shape index (κ3) is 4.77. The Morgan fingerprint density at radius 2 is 1.80 bits per heavy atom. The van der Waals surface area contributed by atoms with Crippen LogP contribution in [-0.2, 0) is 11.8 Å². The van der Waals surface area contributed by atoms with Crippen LogP contribution in [0.25, 0.3) is 10.7 Å². The summed E-state index contributed by atoms with van der Waals surface area (Å²) in [7, 11) is 1.92. The molecule has 8 heteroatoms. The third-order valence-corrected chi connectivity index (χ3v) is 7.43. The molecular weight excluding hydrogens is 432 g/mol. The zero-order valence-electron chi connectivity index (χ0n) is 16.5. The lowest BCUT2D eigenvalue weighted by Gasteiger charge is -2.14. The van der Waals surface area contributed by atoms with E-state index in [0.29, 0.717) is 5.16 Å². The summed E-state index contributed by atoms with van der Waals surface area (Å²) in [5.41, 5.74) is 0.807. The Labute approximate surface area is 187 Å². The van der Waals surface area contributed by atoms with E-state index in [9.17, 15) is 4.79 Å². The molecule has 1 atom stereocenters. The number of hydrogen-bond acceptors (Lipinski definition) is 6. The number of nitrogens with one attached hydrogen (secondary N) is 1. The zero-order valence-corrected chi connectivity index (χ0v) is 18.9. The van der Waals surface area contributed by atoms with E-state index in [1.165, 1.54) is 11.8 Å². The number of hydrogen-bond donors (Lipinski definition) is 1. The van der Waals surface area contributed by atoms with E-state index in [-0.39, 0.29) is 11.2 Å². The van der Waals surface area contributed by atoms with Crippen LogP contribution < -0.4 is 5.32 Å². The summed E-state index contributed by atoms with van der Waals surface area (Å²) in [5.74, 6) is 0.742. The Morgan fingerprint density at radius 3 is 2.57 bits per heavy atom. The monoisotopic (exact) mass is 452 g/mol. The summed E-state index contributed by atoms with van der Waals surface area (Å²) in [6, 6.07) is 22.0. The molecule has 0 saturated carbocycles. The summed E-state index contributed by atoms with van der Waals surface area (Å²) >= 11 is 4.65. The van der Waals surface area contributed by atoms with Crippen LogP contribution in [0.3, 0.4) is 0 Å². The highest BCUT2D eigenvalue weighted by atomic mass is 32.2. The average Bonchev–Trinajstić information content (AvgIpc) is 3.40. The number of aromatic nitrogens is 3. The molecule has 1 amide bonds. The number of benzene rings is 2. The van der Waals surface area contributed by atoms with Gasteiger partial charge in [0.1, 0.15) is 0 Å². The van der Waals surface area contributed by atoms with E-state index >= 15 is 0 Å². The van der Waals surface area contributed by atoms with Crippen molar-refractivity contribution in [3.05, 3.63) is 72.1 Å². The van der Waals surface area contributed by atoms with Gasteiger partial charge in [-0.05, 0) is 42.6 Å². The van der Waals surface area contributed by atoms with Crippen LogP contribution in [0.15, 0.2) is 87.1 Å². The standard InChI is InChI=1S/C22H20N4OS3/c1-15(29-22-25-24-20(26(22)2)19-13-8-14-28-19)21(27)23-17-11-6-7-12-18(17)30-16-9-4-3-5-10-16/h3-15H,1-2H3,(H,23,27). The largest absolute Gasteiger partial charge is 0.324 e. The van der Waals surface area contributed by atoms with Crippen molar-refractivity contribution in [2.24, 2.45) is 7.05 Å². The fourth-order valence-electron chi connectivity index (χ4n) is 2.76. The second kappa shape index (κ2) is 9.51. The van der Waals surface area contributed by atoms with Crippen LogP contribution in [0.1, 0.15) is 6.92 Å². The minimum Gasteiger partial charge on any atom is -0.324 e. The second-order valence-corrected chi connectivity index (χ2v) is 9.87. The van der Waals surface area contributed by atoms with Gasteiger partial charge < -0.3 is 9.88 Å². The van der Waals surface area contributed by atoms with Gasteiger partial charge in [0.05, 0.1) is 15.8 Å². The van der Waals surface area contributed by atoms with Gasteiger partial charge in [0.25, 0.3) is 0 Å². The van der Waals surface area contributed by atoms with Crippen LogP contribution in [0.5, 0.6) is 0 Å². The van der Waals surface area contributed by atoms with Crippen molar-refractivity contribution in [1.29, 1.82) is 0 Å². The van der Waals surface area contributed by atoms with Gasteiger partial charge in [-0.3, -0.25) is 4.79 Å². The molecule has 1 N–H and O–H groups in total. The lowest BCUT2D eigenvalue weighted by atomic mass is 10.3. The van der Waals surface area contributed by atoms with E-state index in [4.69, 9.17) is 0 Å². The van der Waals surface area contributed by atoms with Crippen LogP contribution in [0.4, 0.5) is 5.69 Å². The first-order valence-corrected chi connectivity index (χ1v) is 11.9. The maximum atomic E-state index is 12.9. The molecule has 4 aromatic rings. The first-order valence-electron chi connectivity index (χ1n) is 9.34. The maximum Gasteiger partial charge on any atom is 0.237 e. The third-order valence-electron chi connectivity index (χ3n) is 4.34. The van der Waals surface area contributed by atoms with Crippen molar-refractivity contribution in [3.8, 4) is 10.7 Å². The summed E-state index contributed by atoms with van der Waals surface area (Å²) in [5, 5.41) is 14.0. The fraction of sp³-hybridized carbons (Fsp3) is 0.136. The number of carbonyl (C=O) groups excluding carboxylic acids is 1. The normalized spacial score (nSPS) is 11.9. The van der Waals surface area contributed by atoms with Crippen molar-refractivity contribution < 1.29 is 4.79 Å². The molecule has 2 heterocycles. The molecule has 30 heavy (non-hydrogen) atoms. The van der Waals surface area contributed by atoms with E-state index in [1.807, 2.05) is 78.5 Å². The van der Waals surface area contributed by atoms with Crippen molar-refractivity contribution in [3.63, 3.8) is 0 Å². The Morgan fingerprint density at radius 1 is 1.03 bits per heavy atom. The van der Waals surface area contributed by atoms with Gasteiger partial charge in [0, 0.05) is 16.8 Å². The lowest BCUT2D eigenvalue weighted by Crippen LogP contribution is -2.23. The van der Waals surface area contributed by atoms with Crippen LogP contribution in [0.2, 0.25) is 0 Å². The van der Waals surface area contributed by atoms with Gasteiger partial charge in [-0.25, -0.2) is 0 Å². The lowest BCUT2D eigenvalue weighted by molar-refractivity contribution is -0.115. The number of rotatable bonds is 7. The molecule has 2 aromatic heterocycles. The molecule has 0 radical (unpaired) electrons. The number of anilines is 1. The van der Waals surface area contributed by atoms with E-state index in [0.717, 1.165) is 26.2 Å². The molecule has 0 aliphatic rings. The number of carbonyl (C=O) groups is 1. The summed E-state index contributed by atoms with van der Waals surface area (Å²) in [6.07, 6.45) is 0. The van der Waals surface area contributed by atoms with Crippen LogP contribution in [0, 0.1) is 0 Å². The van der Waals surface area contributed by atoms with Crippen molar-refractivity contribution in [1.82, 2.24) is 14.8 Å². The minimum atomic E-state index is -0.320. The topological polar surface area (TPSA) is 59.8 Å². The highest BCUT2D eigenvalue weighted by molar-refractivity contribution is 8.00. The molecule has 0 saturated heterocycles. The molecule has 2 aromatic carbocycles. The Kier molecular flexibility index (Phi) is 6.56. The first-order chi connectivity index (χ1) is 14.6. The Bertz CT molecular complexity index is 1130. The highest BCUT2D eigenvalue weighted by Crippen LogP contribution is 2.34. The molecule has 0 fully saturated rings. The van der Waals surface area contributed by atoms with Gasteiger partial charge in [-0.15, -0.1) is 21.5 Å². The van der Waals surface area contributed by atoms with Crippen LogP contribution >= 0.6 is 34.9 Å². The Hall–Kier alpha value is -2.55. The Balaban J connectivity index is 1.45. The average molecular weight is 453 g/mol. The molecule has 4 rings (SSSR count). The molecule has 0 bridgehead atoms. The van der Waals surface area contributed by atoms with Gasteiger partial charge in [-0.2, -0.15) is 0 Å². The quantitative estimate of drug-likeness (QED) is 0.358. The van der Waals surface area contributed by atoms with Crippen molar-refractivity contribution in [2.75, 3.05) is 5.32 Å². The predicted molar refractivity (Wildman–Crippen MR) is 125 cm³/mol. The van der Waals surface area contributed by atoms with Gasteiger partial charge >= 0.3 is 0 Å². The van der Waals surface area contributed by atoms with Crippen molar-refractivity contribution in [2.45, 2.75) is 27.1 Å². The number of amides is 1. The van der Waals surface area contributed by atoms with Crippen molar-refractivity contribution >= 4 is 46.5 Å². The highest BCUT2D eigenvalue weighted by Gasteiger charge is 2.20. The van der Waals surface area contributed by atoms with E-state index in [2.05, 4.69) is 27.6 Å². The van der Waals surface area contributed by atoms with Gasteiger partial charge in [0.2, 0.25) is 5.91 Å². The summed E-state index contributed by atoms with van der Waals surface area (Å²) < 4.78 is 1.93. The molecule has 0 aliphatic heterocycles. The van der Waals surface area contributed by atoms with E-state index < -0.39 is 0 Å². The number of para-hydroxylation sites is 1. The number of thiophene rings is 1. The molecule has 0 spiro atoms. The second-order valence-electron chi connectivity index (χ2n) is 6.50. The van der Waals surface area contributed by atoms with Crippen LogP contribution in [-0.4, -0.2) is 25.9 Å². The summed E-state index contributed by atoms with van der Waals surface area (Å²) in [6.45, 7) is 1.88. The number of thioether (sulfide) groups is 1. The minimum absolute atomic E-state index is 0.0678. The summed E-state index contributed by atoms with van der Waals surface area (Å²) in [4.78, 5) is 16.1. The molecular formula is C22H20N4OS3. The predicted octanol–water partition coefficient (Wildman–Crippen LogP) is 5.81. The number of nitrogens with zero attached hydrogens (tertiary/aromatic N) is 3. The SMILES string of the molecule is CC(Sc1nnc(-c2cccs2)n1C)C(=O)Nc1ccccc1Sc1ccccc1.